The number of nitrogens with zero attached hydrogens (tertiary/aromatic N) is 3. The lowest BCUT2D eigenvalue weighted by Crippen LogP contribution is -2.30. The molecule has 0 bridgehead atoms. The van der Waals surface area contributed by atoms with Crippen LogP contribution in [-0.4, -0.2) is 31.6 Å². The molecule has 4 rings (SSSR count). The molecule has 206 valence electrons. The van der Waals surface area contributed by atoms with Crippen LogP contribution in [0, 0.1) is 5.41 Å². The van der Waals surface area contributed by atoms with Crippen LogP contribution in [-0.2, 0) is 11.0 Å². The molecule has 0 unspecified atom stereocenters. The number of carbonyl (C=O) groups is 1. The van der Waals surface area contributed by atoms with Crippen LogP contribution in [0.15, 0.2) is 72.9 Å². The van der Waals surface area contributed by atoms with Crippen LogP contribution in [0.2, 0.25) is 0 Å². The molecule has 2 aromatic carbocycles. The standard InChI is InChI=1S/C26H21F4N3O3S.C2H6/c1-25(2,24(34)35)15-36-19-11-8-16(9-12-19)20-13-10-18(14-31-20)23-32-21(17-6-4-3-5-7-17)22(26(27,28)29)33(23)37-30;1-2/h3-14H,15H2,1-2H3,(H,34,35);1-2H3. The highest BCUT2D eigenvalue weighted by molar-refractivity contribution is 7.92. The topological polar surface area (TPSA) is 77.2 Å². The maximum absolute atomic E-state index is 13.9. The van der Waals surface area contributed by atoms with Crippen LogP contribution in [0.3, 0.4) is 0 Å². The Morgan fingerprint density at radius 1 is 0.949 bits per heavy atom. The smallest absolute Gasteiger partial charge is 0.434 e. The van der Waals surface area contributed by atoms with Gasteiger partial charge in [-0.2, -0.15) is 13.2 Å². The lowest BCUT2D eigenvalue weighted by Gasteiger charge is -2.19. The fourth-order valence-electron chi connectivity index (χ4n) is 3.45. The number of imidazole rings is 1. The Bertz CT molecular complexity index is 1390. The van der Waals surface area contributed by atoms with Crippen molar-refractivity contribution in [3.05, 3.63) is 78.6 Å². The van der Waals surface area contributed by atoms with Crippen LogP contribution in [0.5, 0.6) is 5.75 Å². The predicted octanol–water partition coefficient (Wildman–Crippen LogP) is 8.19. The van der Waals surface area contributed by atoms with Gasteiger partial charge < -0.3 is 9.84 Å². The Labute approximate surface area is 228 Å². The highest BCUT2D eigenvalue weighted by Crippen LogP contribution is 2.42. The largest absolute Gasteiger partial charge is 0.492 e. The minimum Gasteiger partial charge on any atom is -0.492 e. The van der Waals surface area contributed by atoms with Crippen LogP contribution in [0.1, 0.15) is 33.4 Å². The third-order valence-corrected chi connectivity index (χ3v) is 6.07. The molecule has 11 heteroatoms. The van der Waals surface area contributed by atoms with Gasteiger partial charge in [-0.1, -0.05) is 44.2 Å². The molecule has 0 aliphatic heterocycles. The summed E-state index contributed by atoms with van der Waals surface area (Å²) in [5, 5.41) is 9.19. The molecule has 0 aliphatic carbocycles. The zero-order valence-corrected chi connectivity index (χ0v) is 22.5. The first-order chi connectivity index (χ1) is 18.5. The van der Waals surface area contributed by atoms with Crippen molar-refractivity contribution >= 4 is 18.3 Å². The third-order valence-electron chi connectivity index (χ3n) is 5.57. The quantitative estimate of drug-likeness (QED) is 0.219. The molecule has 2 aromatic heterocycles. The van der Waals surface area contributed by atoms with Crippen LogP contribution < -0.4 is 4.74 Å². The number of pyridine rings is 1. The van der Waals surface area contributed by atoms with Gasteiger partial charge in [-0.15, -0.1) is 3.89 Å². The van der Waals surface area contributed by atoms with Crippen molar-refractivity contribution in [1.82, 2.24) is 13.9 Å². The molecule has 39 heavy (non-hydrogen) atoms. The van der Waals surface area contributed by atoms with E-state index in [2.05, 4.69) is 9.97 Å². The van der Waals surface area contributed by atoms with Crippen molar-refractivity contribution in [2.45, 2.75) is 33.9 Å². The van der Waals surface area contributed by atoms with Gasteiger partial charge in [0.15, 0.2) is 23.9 Å². The number of hydrogen-bond donors (Lipinski definition) is 1. The zero-order valence-electron chi connectivity index (χ0n) is 21.7. The summed E-state index contributed by atoms with van der Waals surface area (Å²) in [6.07, 6.45) is -3.51. The molecule has 0 radical (unpaired) electrons. The average molecular weight is 562 g/mol. The minimum absolute atomic E-state index is 0.0151. The van der Waals surface area contributed by atoms with Crippen molar-refractivity contribution in [2.75, 3.05) is 6.61 Å². The van der Waals surface area contributed by atoms with E-state index in [-0.39, 0.29) is 29.3 Å². The molecule has 0 aliphatic rings. The first-order valence-corrected chi connectivity index (χ1v) is 12.7. The second-order valence-corrected chi connectivity index (χ2v) is 9.30. The maximum atomic E-state index is 13.9. The molecule has 1 N–H and O–H groups in total. The van der Waals surface area contributed by atoms with Crippen molar-refractivity contribution in [1.29, 1.82) is 0 Å². The van der Waals surface area contributed by atoms with Crippen LogP contribution in [0.25, 0.3) is 33.9 Å². The number of rotatable bonds is 8. The van der Waals surface area contributed by atoms with E-state index in [0.29, 0.717) is 21.0 Å². The summed E-state index contributed by atoms with van der Waals surface area (Å²) in [5.74, 6) is -0.717. The summed E-state index contributed by atoms with van der Waals surface area (Å²) >= 11 is -0.575. The summed E-state index contributed by atoms with van der Waals surface area (Å²) in [7, 11) is 0. The lowest BCUT2D eigenvalue weighted by atomic mass is 9.95. The van der Waals surface area contributed by atoms with Gasteiger partial charge in [0.1, 0.15) is 18.1 Å². The second-order valence-electron chi connectivity index (χ2n) is 8.79. The molecular weight excluding hydrogens is 534 g/mol. The molecule has 0 atom stereocenters. The van der Waals surface area contributed by atoms with E-state index in [1.807, 2.05) is 13.8 Å². The zero-order chi connectivity index (χ0) is 28.8. The van der Waals surface area contributed by atoms with Crippen molar-refractivity contribution in [3.8, 4) is 39.7 Å². The summed E-state index contributed by atoms with van der Waals surface area (Å²) in [5.41, 5.74) is -0.996. The minimum atomic E-state index is -4.84. The molecule has 0 saturated carbocycles. The maximum Gasteiger partial charge on any atom is 0.434 e. The summed E-state index contributed by atoms with van der Waals surface area (Å²) in [6, 6.07) is 17.7. The van der Waals surface area contributed by atoms with Gasteiger partial charge in [-0.3, -0.25) is 9.78 Å². The Balaban J connectivity index is 0.00000205. The Morgan fingerprint density at radius 3 is 2.08 bits per heavy atom. The van der Waals surface area contributed by atoms with Crippen molar-refractivity contribution in [3.63, 3.8) is 0 Å². The Kier molecular flexibility index (Phi) is 9.39. The Morgan fingerprint density at radius 2 is 1.56 bits per heavy atom. The molecule has 0 amide bonds. The molecule has 4 aromatic rings. The molecule has 0 saturated heterocycles. The SMILES string of the molecule is CC.CC(C)(COc1ccc(-c2ccc(-c3nc(-c4ccccc4)c(C(F)(F)F)n3SF)cn2)cc1)C(=O)O. The van der Waals surface area contributed by atoms with E-state index < -0.39 is 35.6 Å². The number of alkyl halides is 3. The molecular formula is C28H27F4N3O3S. The van der Waals surface area contributed by atoms with Crippen LogP contribution >= 0.6 is 12.3 Å². The summed E-state index contributed by atoms with van der Waals surface area (Å²) in [4.78, 5) is 19.7. The van der Waals surface area contributed by atoms with E-state index in [0.717, 1.165) is 0 Å². The van der Waals surface area contributed by atoms with Gasteiger partial charge in [0.2, 0.25) is 0 Å². The van der Waals surface area contributed by atoms with Gasteiger partial charge in [-0.25, -0.2) is 8.96 Å². The number of benzene rings is 2. The van der Waals surface area contributed by atoms with E-state index >= 15 is 0 Å². The van der Waals surface area contributed by atoms with Crippen molar-refractivity contribution < 1.29 is 31.7 Å². The second kappa shape index (κ2) is 12.3. The highest BCUT2D eigenvalue weighted by Gasteiger charge is 2.41. The van der Waals surface area contributed by atoms with Gasteiger partial charge >= 0.3 is 12.1 Å². The Hall–Kier alpha value is -3.86. The number of carboxylic acids is 1. The first-order valence-electron chi connectivity index (χ1n) is 12.0. The van der Waals surface area contributed by atoms with E-state index in [4.69, 9.17) is 4.74 Å². The third kappa shape index (κ3) is 6.78. The van der Waals surface area contributed by atoms with E-state index in [1.165, 1.54) is 24.4 Å². The first kappa shape index (κ1) is 29.7. The highest BCUT2D eigenvalue weighted by atomic mass is 32.2. The fraction of sp³-hybridized carbons (Fsp3) is 0.250. The van der Waals surface area contributed by atoms with Crippen molar-refractivity contribution in [2.24, 2.45) is 5.41 Å². The van der Waals surface area contributed by atoms with Gasteiger partial charge in [0.05, 0.1) is 11.1 Å². The molecule has 0 spiro atoms. The van der Waals surface area contributed by atoms with Crippen LogP contribution in [0.4, 0.5) is 17.1 Å². The number of aromatic nitrogens is 3. The summed E-state index contributed by atoms with van der Waals surface area (Å²) < 4.78 is 61.5. The monoisotopic (exact) mass is 561 g/mol. The summed E-state index contributed by atoms with van der Waals surface area (Å²) in [6.45, 7) is 7.10. The molecule has 2 heterocycles. The van der Waals surface area contributed by atoms with E-state index in [1.54, 1.807) is 62.4 Å². The average Bonchev–Trinajstić information content (AvgIpc) is 3.34. The lowest BCUT2D eigenvalue weighted by molar-refractivity contribution is -0.148. The van der Waals surface area contributed by atoms with Gasteiger partial charge in [0.25, 0.3) is 0 Å². The number of ether oxygens (including phenoxy) is 1. The number of hydrogen-bond acceptors (Lipinski definition) is 5. The number of halogens is 4. The van der Waals surface area contributed by atoms with E-state index in [9.17, 15) is 27.0 Å². The predicted molar refractivity (Wildman–Crippen MR) is 144 cm³/mol. The van der Waals surface area contributed by atoms with Gasteiger partial charge in [0, 0.05) is 22.9 Å². The number of aliphatic carboxylic acids is 1. The normalized spacial score (nSPS) is 11.5. The number of carboxylic acid groups (broad SMARTS) is 1. The van der Waals surface area contributed by atoms with Gasteiger partial charge in [-0.05, 0) is 50.2 Å². The fourth-order valence-corrected chi connectivity index (χ4v) is 3.92. The molecule has 0 fully saturated rings. The molecule has 6 nitrogen and oxygen atoms in total.